The zero-order valence-corrected chi connectivity index (χ0v) is 12.8. The molecule has 0 spiro atoms. The zero-order chi connectivity index (χ0) is 15.6. The Balaban J connectivity index is 2.25. The molecular formula is C15H16N2O3S. The number of aromatic nitrogens is 1. The fourth-order valence-corrected chi connectivity index (χ4v) is 2.57. The summed E-state index contributed by atoms with van der Waals surface area (Å²) in [6, 6.07) is 5.06. The summed E-state index contributed by atoms with van der Waals surface area (Å²) >= 11 is 1.36. The number of carboxylic acids is 1. The number of aryl methyl sites for hydroxylation is 1. The standard InChI is InChI=1S/C15H16N2O3S/c1-9-6-10(4-5-11(9)14(19)20)15(2,3)17-13(18)12-7-21-8-16-12/h4-8H,1-3H3,(H,17,18)(H,19,20). The van der Waals surface area contributed by atoms with E-state index in [4.69, 9.17) is 5.11 Å². The van der Waals surface area contributed by atoms with Crippen molar-refractivity contribution in [2.24, 2.45) is 0 Å². The summed E-state index contributed by atoms with van der Waals surface area (Å²) in [7, 11) is 0. The van der Waals surface area contributed by atoms with Crippen LogP contribution in [-0.4, -0.2) is 22.0 Å². The maximum Gasteiger partial charge on any atom is 0.335 e. The van der Waals surface area contributed by atoms with E-state index in [0.717, 1.165) is 5.56 Å². The third kappa shape index (κ3) is 3.28. The Hall–Kier alpha value is -2.21. The second kappa shape index (κ2) is 5.65. The van der Waals surface area contributed by atoms with E-state index in [1.807, 2.05) is 13.8 Å². The van der Waals surface area contributed by atoms with E-state index in [1.165, 1.54) is 11.3 Å². The molecule has 1 amide bonds. The molecule has 0 fully saturated rings. The first-order valence-electron chi connectivity index (χ1n) is 6.36. The van der Waals surface area contributed by atoms with Gasteiger partial charge in [-0.05, 0) is 38.0 Å². The lowest BCUT2D eigenvalue weighted by atomic mass is 9.91. The number of nitrogens with zero attached hydrogens (tertiary/aromatic N) is 1. The lowest BCUT2D eigenvalue weighted by Crippen LogP contribution is -2.41. The van der Waals surface area contributed by atoms with E-state index in [-0.39, 0.29) is 11.5 Å². The SMILES string of the molecule is Cc1cc(C(C)(C)NC(=O)c2cscn2)ccc1C(=O)O. The number of nitrogens with one attached hydrogen (secondary N) is 1. The van der Waals surface area contributed by atoms with Crippen molar-refractivity contribution >= 4 is 23.2 Å². The van der Waals surface area contributed by atoms with Gasteiger partial charge < -0.3 is 10.4 Å². The maximum absolute atomic E-state index is 12.1. The number of carboxylic acid groups (broad SMARTS) is 1. The van der Waals surface area contributed by atoms with Crippen molar-refractivity contribution in [1.29, 1.82) is 0 Å². The lowest BCUT2D eigenvalue weighted by molar-refractivity contribution is 0.0695. The number of thiazole rings is 1. The van der Waals surface area contributed by atoms with Crippen molar-refractivity contribution in [3.8, 4) is 0 Å². The van der Waals surface area contributed by atoms with Crippen molar-refractivity contribution in [3.63, 3.8) is 0 Å². The Bertz CT molecular complexity index is 678. The average molecular weight is 304 g/mol. The van der Waals surface area contributed by atoms with Crippen LogP contribution >= 0.6 is 11.3 Å². The van der Waals surface area contributed by atoms with Crippen molar-refractivity contribution in [1.82, 2.24) is 10.3 Å². The highest BCUT2D eigenvalue weighted by atomic mass is 32.1. The first-order valence-corrected chi connectivity index (χ1v) is 7.30. The molecule has 2 rings (SSSR count). The minimum Gasteiger partial charge on any atom is -0.478 e. The Morgan fingerprint density at radius 1 is 1.33 bits per heavy atom. The summed E-state index contributed by atoms with van der Waals surface area (Å²) in [6.45, 7) is 5.48. The molecule has 2 aromatic rings. The van der Waals surface area contributed by atoms with Crippen LogP contribution in [0.25, 0.3) is 0 Å². The molecule has 0 saturated heterocycles. The quantitative estimate of drug-likeness (QED) is 0.910. The Kier molecular flexibility index (Phi) is 4.09. The summed E-state index contributed by atoms with van der Waals surface area (Å²) < 4.78 is 0. The topological polar surface area (TPSA) is 79.3 Å². The zero-order valence-electron chi connectivity index (χ0n) is 12.0. The monoisotopic (exact) mass is 304 g/mol. The highest BCUT2D eigenvalue weighted by Crippen LogP contribution is 2.23. The molecule has 5 nitrogen and oxygen atoms in total. The van der Waals surface area contributed by atoms with Gasteiger partial charge in [0.25, 0.3) is 5.91 Å². The number of carbonyl (C=O) groups is 2. The van der Waals surface area contributed by atoms with Gasteiger partial charge in [0.2, 0.25) is 0 Å². The van der Waals surface area contributed by atoms with Gasteiger partial charge in [-0.3, -0.25) is 4.79 Å². The molecule has 110 valence electrons. The number of aromatic carboxylic acids is 1. The summed E-state index contributed by atoms with van der Waals surface area (Å²) in [5, 5.41) is 13.6. The van der Waals surface area contributed by atoms with E-state index >= 15 is 0 Å². The minimum atomic E-state index is -0.955. The van der Waals surface area contributed by atoms with Crippen LogP contribution in [0.2, 0.25) is 0 Å². The molecule has 0 bridgehead atoms. The molecule has 0 aliphatic carbocycles. The summed E-state index contributed by atoms with van der Waals surface area (Å²) in [4.78, 5) is 27.1. The van der Waals surface area contributed by atoms with E-state index < -0.39 is 11.5 Å². The van der Waals surface area contributed by atoms with Gasteiger partial charge in [-0.2, -0.15) is 0 Å². The van der Waals surface area contributed by atoms with Crippen molar-refractivity contribution in [2.45, 2.75) is 26.3 Å². The van der Waals surface area contributed by atoms with Gasteiger partial charge in [0.15, 0.2) is 0 Å². The molecule has 1 aromatic heterocycles. The predicted molar refractivity (Wildman–Crippen MR) is 80.7 cm³/mol. The van der Waals surface area contributed by atoms with Crippen LogP contribution in [-0.2, 0) is 5.54 Å². The molecule has 1 aromatic carbocycles. The molecule has 0 saturated carbocycles. The van der Waals surface area contributed by atoms with Gasteiger partial charge >= 0.3 is 5.97 Å². The lowest BCUT2D eigenvalue weighted by Gasteiger charge is -2.27. The van der Waals surface area contributed by atoms with Crippen LogP contribution < -0.4 is 5.32 Å². The number of rotatable bonds is 4. The van der Waals surface area contributed by atoms with Crippen LogP contribution in [0.1, 0.15) is 45.8 Å². The van der Waals surface area contributed by atoms with E-state index in [0.29, 0.717) is 11.3 Å². The van der Waals surface area contributed by atoms with E-state index in [1.54, 1.807) is 36.0 Å². The Labute approximate surface area is 126 Å². The third-order valence-corrected chi connectivity index (χ3v) is 3.86. The number of carbonyl (C=O) groups excluding carboxylic acids is 1. The average Bonchev–Trinajstić information content (AvgIpc) is 2.91. The molecule has 0 radical (unpaired) electrons. The summed E-state index contributed by atoms with van der Waals surface area (Å²) in [5.41, 5.74) is 3.13. The van der Waals surface area contributed by atoms with Gasteiger partial charge in [-0.25, -0.2) is 9.78 Å². The van der Waals surface area contributed by atoms with Gasteiger partial charge in [-0.1, -0.05) is 12.1 Å². The van der Waals surface area contributed by atoms with Gasteiger partial charge in [-0.15, -0.1) is 11.3 Å². The highest BCUT2D eigenvalue weighted by Gasteiger charge is 2.25. The molecule has 0 aliphatic heterocycles. The van der Waals surface area contributed by atoms with E-state index in [2.05, 4.69) is 10.3 Å². The third-order valence-electron chi connectivity index (χ3n) is 3.27. The molecule has 0 atom stereocenters. The highest BCUT2D eigenvalue weighted by molar-refractivity contribution is 7.07. The largest absolute Gasteiger partial charge is 0.478 e. The molecule has 1 heterocycles. The smallest absolute Gasteiger partial charge is 0.335 e. The molecule has 0 aliphatic rings. The van der Waals surface area contributed by atoms with Gasteiger partial charge in [0, 0.05) is 5.38 Å². The first-order chi connectivity index (χ1) is 9.81. The van der Waals surface area contributed by atoms with Crippen molar-refractivity contribution in [2.75, 3.05) is 0 Å². The van der Waals surface area contributed by atoms with Gasteiger partial charge in [0.05, 0.1) is 16.6 Å². The molecule has 2 N–H and O–H groups in total. The Morgan fingerprint density at radius 3 is 2.57 bits per heavy atom. The number of amides is 1. The normalized spacial score (nSPS) is 11.2. The van der Waals surface area contributed by atoms with Crippen LogP contribution in [0.5, 0.6) is 0 Å². The molecule has 6 heteroatoms. The van der Waals surface area contributed by atoms with Crippen LogP contribution in [0.3, 0.4) is 0 Å². The van der Waals surface area contributed by atoms with E-state index in [9.17, 15) is 9.59 Å². The summed E-state index contributed by atoms with van der Waals surface area (Å²) in [6.07, 6.45) is 0. The molecule has 21 heavy (non-hydrogen) atoms. The van der Waals surface area contributed by atoms with Crippen LogP contribution in [0.4, 0.5) is 0 Å². The fraction of sp³-hybridized carbons (Fsp3) is 0.267. The van der Waals surface area contributed by atoms with Crippen LogP contribution in [0, 0.1) is 6.92 Å². The predicted octanol–water partition coefficient (Wildman–Crippen LogP) is 2.81. The first kappa shape index (κ1) is 15.2. The second-order valence-corrected chi connectivity index (χ2v) is 6.01. The van der Waals surface area contributed by atoms with Crippen molar-refractivity contribution < 1.29 is 14.7 Å². The minimum absolute atomic E-state index is 0.249. The maximum atomic E-state index is 12.1. The molecular weight excluding hydrogens is 288 g/mol. The Morgan fingerprint density at radius 2 is 2.05 bits per heavy atom. The number of hydrogen-bond donors (Lipinski definition) is 2. The number of hydrogen-bond acceptors (Lipinski definition) is 4. The molecule has 0 unspecified atom stereocenters. The van der Waals surface area contributed by atoms with Gasteiger partial charge in [0.1, 0.15) is 5.69 Å². The fourth-order valence-electron chi connectivity index (χ4n) is 2.04. The van der Waals surface area contributed by atoms with Crippen molar-refractivity contribution in [3.05, 3.63) is 51.5 Å². The summed E-state index contributed by atoms with van der Waals surface area (Å²) in [5.74, 6) is -1.20. The number of benzene rings is 1. The second-order valence-electron chi connectivity index (χ2n) is 5.29. The van der Waals surface area contributed by atoms with Crippen LogP contribution in [0.15, 0.2) is 29.1 Å².